The van der Waals surface area contributed by atoms with Crippen LogP contribution in [0.15, 0.2) is 11.4 Å². The number of carbonyl (C=O) groups is 1. The van der Waals surface area contributed by atoms with Crippen molar-refractivity contribution in [2.24, 2.45) is 0 Å². The van der Waals surface area contributed by atoms with E-state index in [0.29, 0.717) is 23.8 Å². The molecule has 1 atom stereocenters. The van der Waals surface area contributed by atoms with Gasteiger partial charge in [-0.3, -0.25) is 9.89 Å². The summed E-state index contributed by atoms with van der Waals surface area (Å²) in [6, 6.07) is 2.09. The first-order chi connectivity index (χ1) is 11.2. The molecule has 0 spiro atoms. The molecule has 0 radical (unpaired) electrons. The molecule has 2 aliphatic rings. The number of H-pyrrole nitrogens is 1. The highest BCUT2D eigenvalue weighted by atomic mass is 32.2. The topological polar surface area (TPSA) is 62.7 Å². The summed E-state index contributed by atoms with van der Waals surface area (Å²) in [6.45, 7) is 1.27. The van der Waals surface area contributed by atoms with E-state index < -0.39 is 0 Å². The van der Waals surface area contributed by atoms with E-state index in [1.165, 1.54) is 23.3 Å². The summed E-state index contributed by atoms with van der Waals surface area (Å²) in [5.41, 5.74) is 1.20. The Morgan fingerprint density at radius 1 is 1.52 bits per heavy atom. The van der Waals surface area contributed by atoms with Crippen LogP contribution >= 0.6 is 35.3 Å². The maximum absolute atomic E-state index is 12.5. The molecule has 8 heteroatoms. The molecule has 4 rings (SSSR count). The smallest absolute Gasteiger partial charge is 0.237 e. The monoisotopic (exact) mass is 366 g/mol. The number of aromatic amines is 1. The van der Waals surface area contributed by atoms with Crippen molar-refractivity contribution in [2.45, 2.75) is 37.0 Å². The van der Waals surface area contributed by atoms with Gasteiger partial charge < -0.3 is 9.88 Å². The van der Waals surface area contributed by atoms with E-state index >= 15 is 0 Å². The number of carbonyl (C=O) groups excluding carboxylic acids is 1. The fraction of sp³-hybridized carbons (Fsp3) is 0.533. The Labute approximate surface area is 147 Å². The van der Waals surface area contributed by atoms with Crippen molar-refractivity contribution in [2.75, 3.05) is 12.3 Å². The molecule has 1 fully saturated rings. The molecule has 0 saturated heterocycles. The Balaban J connectivity index is 1.38. The van der Waals surface area contributed by atoms with Gasteiger partial charge in [0.15, 0.2) is 4.77 Å². The van der Waals surface area contributed by atoms with Gasteiger partial charge in [-0.15, -0.1) is 23.1 Å². The number of nitrogens with zero attached hydrogens (tertiary/aromatic N) is 2. The molecule has 1 aliphatic heterocycles. The molecular formula is C15H18N4OS3. The van der Waals surface area contributed by atoms with Gasteiger partial charge in [0.25, 0.3) is 0 Å². The van der Waals surface area contributed by atoms with Gasteiger partial charge in [-0.1, -0.05) is 0 Å². The minimum Gasteiger partial charge on any atom is -0.353 e. The van der Waals surface area contributed by atoms with Crippen LogP contribution < -0.4 is 5.32 Å². The lowest BCUT2D eigenvalue weighted by atomic mass is 10.1. The Bertz CT molecular complexity index is 774. The van der Waals surface area contributed by atoms with E-state index in [1.54, 1.807) is 23.1 Å². The summed E-state index contributed by atoms with van der Waals surface area (Å²) in [7, 11) is 0. The number of aryl methyl sites for hydroxylation is 1. The highest BCUT2D eigenvalue weighted by Crippen LogP contribution is 2.40. The lowest BCUT2D eigenvalue weighted by Gasteiger charge is -2.21. The summed E-state index contributed by atoms with van der Waals surface area (Å²) < 4.78 is 2.67. The van der Waals surface area contributed by atoms with Gasteiger partial charge in [-0.05, 0) is 54.2 Å². The van der Waals surface area contributed by atoms with Gasteiger partial charge in [0, 0.05) is 23.9 Å². The maximum Gasteiger partial charge on any atom is 0.237 e. The summed E-state index contributed by atoms with van der Waals surface area (Å²) >= 11 is 8.79. The number of thioether (sulfide) groups is 1. The standard InChI is InChI=1S/C15H18N4OS3/c20-14(12-10-3-7-22-11(10)4-8-23-12)16-5-6-19-13(9-1-2-9)17-18-15(19)21/h3,7,9,12H,1-2,4-6,8H2,(H,16,20)(H,18,21). The number of fused-ring (bicyclic) bond motifs is 1. The lowest BCUT2D eigenvalue weighted by molar-refractivity contribution is -0.120. The number of nitrogens with one attached hydrogen (secondary N) is 2. The molecule has 1 saturated carbocycles. The van der Waals surface area contributed by atoms with E-state index in [1.807, 2.05) is 4.57 Å². The molecule has 5 nitrogen and oxygen atoms in total. The number of rotatable bonds is 5. The van der Waals surface area contributed by atoms with Crippen LogP contribution in [-0.2, 0) is 17.8 Å². The Hall–Kier alpha value is -1.12. The van der Waals surface area contributed by atoms with Crippen molar-refractivity contribution in [1.82, 2.24) is 20.1 Å². The third-order valence-electron chi connectivity index (χ3n) is 4.28. The molecule has 2 N–H and O–H groups in total. The Kier molecular flexibility index (Phi) is 4.29. The Morgan fingerprint density at radius 3 is 3.22 bits per heavy atom. The normalized spacial score (nSPS) is 20.3. The zero-order valence-corrected chi connectivity index (χ0v) is 15.0. The molecule has 0 aromatic carbocycles. The predicted octanol–water partition coefficient (Wildman–Crippen LogP) is 3.03. The van der Waals surface area contributed by atoms with Crippen molar-refractivity contribution in [1.29, 1.82) is 0 Å². The van der Waals surface area contributed by atoms with Crippen molar-refractivity contribution >= 4 is 41.2 Å². The first-order valence-electron chi connectivity index (χ1n) is 7.84. The third-order valence-corrected chi connectivity index (χ3v) is 6.83. The predicted molar refractivity (Wildman–Crippen MR) is 95.6 cm³/mol. The quantitative estimate of drug-likeness (QED) is 0.799. The third kappa shape index (κ3) is 3.12. The second-order valence-corrected chi connectivity index (χ2v) is 8.50. The van der Waals surface area contributed by atoms with Crippen molar-refractivity contribution in [3.05, 3.63) is 32.5 Å². The zero-order valence-electron chi connectivity index (χ0n) is 12.6. The summed E-state index contributed by atoms with van der Waals surface area (Å²) in [4.78, 5) is 13.9. The molecule has 23 heavy (non-hydrogen) atoms. The lowest BCUT2D eigenvalue weighted by Crippen LogP contribution is -2.32. The second kappa shape index (κ2) is 6.41. The van der Waals surface area contributed by atoms with Crippen LogP contribution in [0.25, 0.3) is 0 Å². The van der Waals surface area contributed by atoms with Crippen LogP contribution in [0.4, 0.5) is 0 Å². The summed E-state index contributed by atoms with van der Waals surface area (Å²) in [5, 5.41) is 12.3. The van der Waals surface area contributed by atoms with E-state index in [4.69, 9.17) is 12.2 Å². The van der Waals surface area contributed by atoms with Crippen LogP contribution in [0.2, 0.25) is 0 Å². The maximum atomic E-state index is 12.5. The number of hydrogen-bond donors (Lipinski definition) is 2. The van der Waals surface area contributed by atoms with Gasteiger partial charge in [0.05, 0.1) is 0 Å². The minimum atomic E-state index is -0.0646. The summed E-state index contributed by atoms with van der Waals surface area (Å²) in [6.07, 6.45) is 3.45. The first kappa shape index (κ1) is 15.4. The van der Waals surface area contributed by atoms with E-state index in [-0.39, 0.29) is 11.2 Å². The fourth-order valence-electron chi connectivity index (χ4n) is 2.95. The number of aromatic nitrogens is 3. The van der Waals surface area contributed by atoms with Crippen LogP contribution in [-0.4, -0.2) is 33.0 Å². The van der Waals surface area contributed by atoms with E-state index in [2.05, 4.69) is 27.0 Å². The fourth-order valence-corrected chi connectivity index (χ4v) is 5.49. The van der Waals surface area contributed by atoms with E-state index in [0.717, 1.165) is 18.0 Å². The SMILES string of the molecule is O=C(NCCn1c(C2CC2)n[nH]c1=S)C1SCCc2sccc21. The second-order valence-electron chi connectivity index (χ2n) is 5.90. The van der Waals surface area contributed by atoms with Crippen molar-refractivity contribution in [3.63, 3.8) is 0 Å². The van der Waals surface area contributed by atoms with Crippen LogP contribution in [0.5, 0.6) is 0 Å². The molecule has 2 aromatic rings. The van der Waals surface area contributed by atoms with Crippen LogP contribution in [0.3, 0.4) is 0 Å². The minimum absolute atomic E-state index is 0.0646. The van der Waals surface area contributed by atoms with Gasteiger partial charge in [-0.2, -0.15) is 5.10 Å². The molecule has 1 amide bonds. The molecule has 1 unspecified atom stereocenters. The highest BCUT2D eigenvalue weighted by Gasteiger charge is 2.30. The van der Waals surface area contributed by atoms with E-state index in [9.17, 15) is 4.79 Å². The summed E-state index contributed by atoms with van der Waals surface area (Å²) in [5.74, 6) is 2.71. The van der Waals surface area contributed by atoms with Gasteiger partial charge in [0.1, 0.15) is 11.1 Å². The molecular weight excluding hydrogens is 348 g/mol. The van der Waals surface area contributed by atoms with Crippen LogP contribution in [0.1, 0.15) is 40.3 Å². The molecule has 2 aromatic heterocycles. The van der Waals surface area contributed by atoms with Crippen molar-refractivity contribution < 1.29 is 4.79 Å². The molecule has 122 valence electrons. The largest absolute Gasteiger partial charge is 0.353 e. The number of hydrogen-bond acceptors (Lipinski definition) is 5. The average Bonchev–Trinajstić information content (AvgIpc) is 3.16. The van der Waals surface area contributed by atoms with Gasteiger partial charge in [0.2, 0.25) is 5.91 Å². The van der Waals surface area contributed by atoms with Gasteiger partial charge >= 0.3 is 0 Å². The number of amides is 1. The Morgan fingerprint density at radius 2 is 2.39 bits per heavy atom. The van der Waals surface area contributed by atoms with Crippen LogP contribution in [0, 0.1) is 4.77 Å². The van der Waals surface area contributed by atoms with Gasteiger partial charge in [-0.25, -0.2) is 0 Å². The average molecular weight is 367 g/mol. The van der Waals surface area contributed by atoms with Crippen molar-refractivity contribution in [3.8, 4) is 0 Å². The first-order valence-corrected chi connectivity index (χ1v) is 10.2. The highest BCUT2D eigenvalue weighted by molar-refractivity contribution is 8.00. The molecule has 0 bridgehead atoms. The zero-order chi connectivity index (χ0) is 15.8. The number of thiophene rings is 1. The molecule has 3 heterocycles. The molecule has 1 aliphatic carbocycles.